The van der Waals surface area contributed by atoms with Crippen molar-refractivity contribution in [3.8, 4) is 0 Å². The number of hydrogen-bond donors (Lipinski definition) is 0. The summed E-state index contributed by atoms with van der Waals surface area (Å²) in [5.41, 5.74) is 2.09. The molecule has 3 aromatic carbocycles. The van der Waals surface area contributed by atoms with Crippen LogP contribution in [0.4, 0.5) is 0 Å². The van der Waals surface area contributed by atoms with E-state index in [4.69, 9.17) is 15.4 Å². The monoisotopic (exact) mass is 328 g/mol. The molecule has 22 heavy (non-hydrogen) atoms. The molecule has 0 aliphatic rings. The van der Waals surface area contributed by atoms with E-state index < -0.39 is 8.77 Å². The first-order valence-corrected chi connectivity index (χ1v) is 9.40. The topological polar surface area (TPSA) is 26.3 Å². The Morgan fingerprint density at radius 1 is 0.955 bits per heavy atom. The molecule has 1 atom stereocenters. The Morgan fingerprint density at radius 2 is 1.64 bits per heavy atom. The average Bonchev–Trinajstić information content (AvgIpc) is 2.53. The molecular weight excluding hydrogens is 312 g/mol. The third kappa shape index (κ3) is 3.19. The van der Waals surface area contributed by atoms with Crippen molar-refractivity contribution < 1.29 is 8.39 Å². The number of rotatable bonds is 4. The van der Waals surface area contributed by atoms with Gasteiger partial charge in [-0.3, -0.25) is 4.18 Å². The first-order chi connectivity index (χ1) is 10.6. The van der Waals surface area contributed by atoms with Crippen LogP contribution >= 0.6 is 0 Å². The van der Waals surface area contributed by atoms with E-state index >= 15 is 0 Å². The molecule has 3 rings (SSSR count). The van der Waals surface area contributed by atoms with E-state index in [1.807, 2.05) is 61.5 Å². The van der Waals surface area contributed by atoms with Crippen molar-refractivity contribution in [2.24, 2.45) is 0 Å². The van der Waals surface area contributed by atoms with Crippen molar-refractivity contribution in [2.45, 2.75) is 18.4 Å². The summed E-state index contributed by atoms with van der Waals surface area (Å²) in [4.78, 5) is 0.549. The minimum atomic E-state index is -2.91. The molecule has 0 aliphatic heterocycles. The van der Waals surface area contributed by atoms with Gasteiger partial charge in [0.2, 0.25) is 0 Å². The Balaban J connectivity index is 1.86. The minimum Gasteiger partial charge on any atom is -0.282 e. The van der Waals surface area contributed by atoms with Crippen molar-refractivity contribution in [1.29, 1.82) is 0 Å². The van der Waals surface area contributed by atoms with E-state index in [0.717, 1.165) is 21.9 Å². The second kappa shape index (κ2) is 6.16. The smallest absolute Gasteiger partial charge is 0.173 e. The van der Waals surface area contributed by atoms with Crippen LogP contribution in [0.2, 0.25) is 0 Å². The van der Waals surface area contributed by atoms with Gasteiger partial charge in [-0.15, -0.1) is 0 Å². The Labute approximate surface area is 135 Å². The Kier molecular flexibility index (Phi) is 4.25. The van der Waals surface area contributed by atoms with E-state index in [1.165, 1.54) is 0 Å². The zero-order valence-electron chi connectivity index (χ0n) is 12.2. The van der Waals surface area contributed by atoms with Crippen molar-refractivity contribution >= 4 is 30.7 Å². The molecule has 0 saturated heterocycles. The van der Waals surface area contributed by atoms with Gasteiger partial charge in [-0.2, -0.15) is 0 Å². The maximum absolute atomic E-state index is 12.6. The van der Waals surface area contributed by atoms with Gasteiger partial charge in [-0.05, 0) is 35.4 Å². The molecule has 0 aliphatic carbocycles. The standard InChI is InChI=1S/C18H16O2S2/c1-14-9-11-17(12-10-14)22(19,21)20-13-16-7-4-6-15-5-2-3-8-18(15)16/h2-12H,13H2,1H3. The van der Waals surface area contributed by atoms with Crippen molar-refractivity contribution in [2.75, 3.05) is 0 Å². The van der Waals surface area contributed by atoms with Crippen LogP contribution in [0, 0.1) is 6.92 Å². The Morgan fingerprint density at radius 3 is 2.41 bits per heavy atom. The van der Waals surface area contributed by atoms with Crippen LogP contribution in [0.3, 0.4) is 0 Å². The van der Waals surface area contributed by atoms with Gasteiger partial charge in [0, 0.05) is 11.2 Å². The van der Waals surface area contributed by atoms with E-state index in [1.54, 1.807) is 12.1 Å². The van der Waals surface area contributed by atoms with E-state index in [9.17, 15) is 4.21 Å². The molecule has 0 bridgehead atoms. The lowest BCUT2D eigenvalue weighted by molar-refractivity contribution is 0.337. The van der Waals surface area contributed by atoms with Crippen LogP contribution in [0.25, 0.3) is 10.8 Å². The van der Waals surface area contributed by atoms with E-state index in [2.05, 4.69) is 0 Å². The molecular formula is C18H16O2S2. The molecule has 4 heteroatoms. The third-order valence-corrected chi connectivity index (χ3v) is 5.70. The minimum absolute atomic E-state index is 0.234. The van der Waals surface area contributed by atoms with E-state index in [0.29, 0.717) is 4.90 Å². The summed E-state index contributed by atoms with van der Waals surface area (Å²) in [7, 11) is -2.91. The fourth-order valence-electron chi connectivity index (χ4n) is 2.33. The van der Waals surface area contributed by atoms with Gasteiger partial charge in [-0.25, -0.2) is 4.21 Å². The molecule has 0 radical (unpaired) electrons. The first kappa shape index (κ1) is 15.2. The molecule has 0 fully saturated rings. The fraction of sp³-hybridized carbons (Fsp3) is 0.111. The Hall–Kier alpha value is -1.75. The number of fused-ring (bicyclic) bond motifs is 1. The summed E-state index contributed by atoms with van der Waals surface area (Å²) < 4.78 is 18.2. The molecule has 0 aromatic heterocycles. The summed E-state index contributed by atoms with van der Waals surface area (Å²) in [6.07, 6.45) is 0. The van der Waals surface area contributed by atoms with Crippen LogP contribution < -0.4 is 0 Å². The lowest BCUT2D eigenvalue weighted by Gasteiger charge is -2.10. The molecule has 0 spiro atoms. The molecule has 0 N–H and O–H groups in total. The fourth-order valence-corrected chi connectivity index (χ4v) is 3.70. The lowest BCUT2D eigenvalue weighted by Crippen LogP contribution is -2.05. The van der Waals surface area contributed by atoms with Gasteiger partial charge < -0.3 is 0 Å². The first-order valence-electron chi connectivity index (χ1n) is 6.99. The molecule has 2 nitrogen and oxygen atoms in total. The maximum Gasteiger partial charge on any atom is 0.173 e. The lowest BCUT2D eigenvalue weighted by atomic mass is 10.1. The highest BCUT2D eigenvalue weighted by Crippen LogP contribution is 2.21. The number of hydrogen-bond acceptors (Lipinski definition) is 3. The molecule has 0 saturated carbocycles. The highest BCUT2D eigenvalue weighted by atomic mass is 32.8. The Bertz CT molecular complexity index is 893. The number of benzene rings is 3. The molecule has 3 aromatic rings. The van der Waals surface area contributed by atoms with Crippen LogP contribution in [-0.2, 0) is 30.8 Å². The van der Waals surface area contributed by atoms with Crippen LogP contribution in [0.1, 0.15) is 11.1 Å². The quantitative estimate of drug-likeness (QED) is 0.711. The molecule has 112 valence electrons. The van der Waals surface area contributed by atoms with Gasteiger partial charge in [-0.1, -0.05) is 60.2 Å². The summed E-state index contributed by atoms with van der Waals surface area (Å²) in [6.45, 7) is 2.21. The van der Waals surface area contributed by atoms with Crippen molar-refractivity contribution in [1.82, 2.24) is 0 Å². The largest absolute Gasteiger partial charge is 0.282 e. The third-order valence-electron chi connectivity index (χ3n) is 3.56. The zero-order chi connectivity index (χ0) is 15.6. The predicted octanol–water partition coefficient (Wildman–Crippen LogP) is 4.39. The van der Waals surface area contributed by atoms with Crippen LogP contribution in [0.15, 0.2) is 71.6 Å². The average molecular weight is 328 g/mol. The van der Waals surface area contributed by atoms with Crippen LogP contribution in [-0.4, -0.2) is 4.21 Å². The van der Waals surface area contributed by atoms with E-state index in [-0.39, 0.29) is 6.61 Å². The summed E-state index contributed by atoms with van der Waals surface area (Å²) in [6, 6.07) is 21.4. The molecule has 0 amide bonds. The summed E-state index contributed by atoms with van der Waals surface area (Å²) in [5.74, 6) is 0. The predicted molar refractivity (Wildman–Crippen MR) is 93.7 cm³/mol. The normalized spacial score (nSPS) is 13.9. The van der Waals surface area contributed by atoms with Crippen molar-refractivity contribution in [3.05, 3.63) is 77.9 Å². The SMILES string of the molecule is Cc1ccc(S(=O)(=S)OCc2cccc3ccccc23)cc1. The maximum atomic E-state index is 12.6. The van der Waals surface area contributed by atoms with Gasteiger partial charge in [0.25, 0.3) is 0 Å². The number of aryl methyl sites for hydroxylation is 1. The highest BCUT2D eigenvalue weighted by molar-refractivity contribution is 8.30. The second-order valence-electron chi connectivity index (χ2n) is 5.17. The van der Waals surface area contributed by atoms with Crippen molar-refractivity contribution in [3.63, 3.8) is 0 Å². The molecule has 0 heterocycles. The van der Waals surface area contributed by atoms with Crippen LogP contribution in [0.5, 0.6) is 0 Å². The summed E-state index contributed by atoms with van der Waals surface area (Å²) >= 11 is 5.18. The van der Waals surface area contributed by atoms with Gasteiger partial charge in [0.1, 0.15) is 0 Å². The molecule has 1 unspecified atom stereocenters. The van der Waals surface area contributed by atoms with Gasteiger partial charge in [0.15, 0.2) is 8.77 Å². The summed E-state index contributed by atoms with van der Waals surface area (Å²) in [5, 5.41) is 2.23. The second-order valence-corrected chi connectivity index (χ2v) is 8.10. The van der Waals surface area contributed by atoms with Gasteiger partial charge >= 0.3 is 0 Å². The zero-order valence-corrected chi connectivity index (χ0v) is 13.8. The van der Waals surface area contributed by atoms with Gasteiger partial charge in [0.05, 0.1) is 11.5 Å². The highest BCUT2D eigenvalue weighted by Gasteiger charge is 2.11.